The number of sulfonamides is 1. The number of rotatable bonds is 4. The second kappa shape index (κ2) is 5.43. The minimum Gasteiger partial charge on any atom is -0.468 e. The molecule has 1 atom stereocenters. The number of hydrogen-bond acceptors (Lipinski definition) is 5. The topological polar surface area (TPSA) is 84.5 Å². The first-order valence-corrected chi connectivity index (χ1v) is 6.46. The van der Waals surface area contributed by atoms with Crippen LogP contribution in [-0.4, -0.2) is 46.4 Å². The molecule has 15 heavy (non-hydrogen) atoms. The first kappa shape index (κ1) is 12.4. The molecule has 1 aliphatic heterocycles. The maximum absolute atomic E-state index is 11.4. The number of carbonyl (C=O) groups is 1. The Morgan fingerprint density at radius 1 is 1.60 bits per heavy atom. The van der Waals surface area contributed by atoms with Crippen LogP contribution in [0.15, 0.2) is 0 Å². The van der Waals surface area contributed by atoms with Gasteiger partial charge in [0, 0.05) is 12.6 Å². The molecule has 1 aliphatic rings. The van der Waals surface area contributed by atoms with Crippen molar-refractivity contribution in [1.29, 1.82) is 0 Å². The van der Waals surface area contributed by atoms with Crippen molar-refractivity contribution < 1.29 is 17.9 Å². The predicted molar refractivity (Wildman–Crippen MR) is 54.8 cm³/mol. The van der Waals surface area contributed by atoms with Gasteiger partial charge >= 0.3 is 5.97 Å². The van der Waals surface area contributed by atoms with E-state index in [2.05, 4.69) is 14.8 Å². The van der Waals surface area contributed by atoms with Gasteiger partial charge in [-0.2, -0.15) is 0 Å². The van der Waals surface area contributed by atoms with E-state index in [0.717, 1.165) is 19.4 Å². The van der Waals surface area contributed by atoms with Crippen LogP contribution in [0.3, 0.4) is 0 Å². The van der Waals surface area contributed by atoms with Crippen LogP contribution < -0.4 is 10.0 Å². The Hall–Kier alpha value is -0.660. The fraction of sp³-hybridized carbons (Fsp3) is 0.875. The summed E-state index contributed by atoms with van der Waals surface area (Å²) in [5.41, 5.74) is 0. The average molecular weight is 236 g/mol. The third-order valence-corrected chi connectivity index (χ3v) is 3.49. The largest absolute Gasteiger partial charge is 0.468 e. The Morgan fingerprint density at radius 2 is 2.33 bits per heavy atom. The van der Waals surface area contributed by atoms with E-state index in [1.165, 1.54) is 7.11 Å². The highest BCUT2D eigenvalue weighted by molar-refractivity contribution is 7.90. The molecule has 1 saturated heterocycles. The maximum Gasteiger partial charge on any atom is 0.322 e. The zero-order valence-corrected chi connectivity index (χ0v) is 9.47. The molecule has 0 aliphatic carbocycles. The van der Waals surface area contributed by atoms with Crippen LogP contribution in [0.25, 0.3) is 0 Å². The summed E-state index contributed by atoms with van der Waals surface area (Å²) >= 11 is 0. The van der Waals surface area contributed by atoms with E-state index in [-0.39, 0.29) is 6.04 Å². The number of hydrogen-bond donors (Lipinski definition) is 2. The SMILES string of the molecule is COC(=O)CS(=O)(=O)NC1CCCNC1. The number of esters is 1. The lowest BCUT2D eigenvalue weighted by Gasteiger charge is -2.23. The minimum absolute atomic E-state index is 0.117. The van der Waals surface area contributed by atoms with Crippen LogP contribution in [0.1, 0.15) is 12.8 Å². The first-order valence-electron chi connectivity index (χ1n) is 4.81. The molecule has 0 amide bonds. The van der Waals surface area contributed by atoms with Crippen molar-refractivity contribution in [2.75, 3.05) is 26.0 Å². The van der Waals surface area contributed by atoms with E-state index in [1.54, 1.807) is 0 Å². The molecule has 0 bridgehead atoms. The van der Waals surface area contributed by atoms with Crippen LogP contribution in [0.2, 0.25) is 0 Å². The summed E-state index contributed by atoms with van der Waals surface area (Å²) in [6.45, 7) is 1.52. The van der Waals surface area contributed by atoms with Gasteiger partial charge in [-0.3, -0.25) is 4.79 Å². The van der Waals surface area contributed by atoms with E-state index in [9.17, 15) is 13.2 Å². The molecule has 1 heterocycles. The molecule has 1 fully saturated rings. The van der Waals surface area contributed by atoms with Crippen molar-refractivity contribution in [3.05, 3.63) is 0 Å². The molecule has 2 N–H and O–H groups in total. The van der Waals surface area contributed by atoms with Crippen molar-refractivity contribution >= 4 is 16.0 Å². The Balaban J connectivity index is 2.44. The third kappa shape index (κ3) is 4.59. The van der Waals surface area contributed by atoms with E-state index in [4.69, 9.17) is 0 Å². The molecule has 0 spiro atoms. The Bertz CT molecular complexity index is 309. The Morgan fingerprint density at radius 3 is 2.87 bits per heavy atom. The Labute approximate surface area is 89.4 Å². The lowest BCUT2D eigenvalue weighted by atomic mass is 10.1. The van der Waals surface area contributed by atoms with Crippen molar-refractivity contribution in [1.82, 2.24) is 10.0 Å². The van der Waals surface area contributed by atoms with E-state index >= 15 is 0 Å². The van der Waals surface area contributed by atoms with Crippen LogP contribution in [-0.2, 0) is 19.6 Å². The lowest BCUT2D eigenvalue weighted by molar-refractivity contribution is -0.137. The predicted octanol–water partition coefficient (Wildman–Crippen LogP) is -1.17. The zero-order chi connectivity index (χ0) is 11.3. The summed E-state index contributed by atoms with van der Waals surface area (Å²) in [7, 11) is -2.39. The fourth-order valence-corrected chi connectivity index (χ4v) is 2.68. The zero-order valence-electron chi connectivity index (χ0n) is 8.65. The molecule has 1 rings (SSSR count). The highest BCUT2D eigenvalue weighted by atomic mass is 32.2. The van der Waals surface area contributed by atoms with E-state index in [1.807, 2.05) is 0 Å². The van der Waals surface area contributed by atoms with Crippen molar-refractivity contribution in [3.63, 3.8) is 0 Å². The number of piperidine rings is 1. The lowest BCUT2D eigenvalue weighted by Crippen LogP contribution is -2.47. The Kier molecular flexibility index (Phi) is 4.49. The molecule has 0 aromatic heterocycles. The molecule has 0 radical (unpaired) electrons. The fourth-order valence-electron chi connectivity index (χ4n) is 1.46. The summed E-state index contributed by atoms with van der Waals surface area (Å²) in [5.74, 6) is -1.36. The normalized spacial score (nSPS) is 22.3. The maximum atomic E-state index is 11.4. The third-order valence-electron chi connectivity index (χ3n) is 2.18. The van der Waals surface area contributed by atoms with Gasteiger partial charge in [0.05, 0.1) is 7.11 Å². The standard InChI is InChI=1S/C8H16N2O4S/c1-14-8(11)6-15(12,13)10-7-3-2-4-9-5-7/h7,9-10H,2-6H2,1H3. The molecule has 0 aromatic rings. The summed E-state index contributed by atoms with van der Waals surface area (Å²) in [6.07, 6.45) is 1.73. The second-order valence-electron chi connectivity index (χ2n) is 3.50. The smallest absolute Gasteiger partial charge is 0.322 e. The molecular weight excluding hydrogens is 220 g/mol. The van der Waals surface area contributed by atoms with Crippen LogP contribution in [0.5, 0.6) is 0 Å². The minimum atomic E-state index is -3.56. The molecule has 88 valence electrons. The van der Waals surface area contributed by atoms with Gasteiger partial charge in [-0.1, -0.05) is 0 Å². The highest BCUT2D eigenvalue weighted by Crippen LogP contribution is 2.03. The molecule has 0 saturated carbocycles. The molecule has 1 unspecified atom stereocenters. The van der Waals surface area contributed by atoms with E-state index in [0.29, 0.717) is 6.54 Å². The van der Waals surface area contributed by atoms with Gasteiger partial charge in [-0.05, 0) is 19.4 Å². The van der Waals surface area contributed by atoms with Crippen LogP contribution >= 0.6 is 0 Å². The number of nitrogens with one attached hydrogen (secondary N) is 2. The van der Waals surface area contributed by atoms with Crippen molar-refractivity contribution in [2.45, 2.75) is 18.9 Å². The van der Waals surface area contributed by atoms with Gasteiger partial charge in [-0.25, -0.2) is 13.1 Å². The summed E-state index contributed by atoms with van der Waals surface area (Å²) in [5, 5.41) is 3.08. The van der Waals surface area contributed by atoms with Crippen LogP contribution in [0.4, 0.5) is 0 Å². The van der Waals surface area contributed by atoms with E-state index < -0.39 is 21.7 Å². The average Bonchev–Trinajstić information content (AvgIpc) is 2.17. The first-order chi connectivity index (χ1) is 7.03. The molecule has 7 heteroatoms. The quantitative estimate of drug-likeness (QED) is 0.601. The van der Waals surface area contributed by atoms with Gasteiger partial charge in [-0.15, -0.1) is 0 Å². The molecule has 0 aromatic carbocycles. The van der Waals surface area contributed by atoms with Gasteiger partial charge in [0.15, 0.2) is 5.75 Å². The number of carbonyl (C=O) groups excluding carboxylic acids is 1. The van der Waals surface area contributed by atoms with Gasteiger partial charge < -0.3 is 10.1 Å². The van der Waals surface area contributed by atoms with Gasteiger partial charge in [0.25, 0.3) is 0 Å². The summed E-state index contributed by atoms with van der Waals surface area (Å²) in [4.78, 5) is 10.8. The van der Waals surface area contributed by atoms with Crippen molar-refractivity contribution in [2.24, 2.45) is 0 Å². The second-order valence-corrected chi connectivity index (χ2v) is 5.25. The number of methoxy groups -OCH3 is 1. The summed E-state index contributed by atoms with van der Waals surface area (Å²) in [6, 6.07) is -0.117. The monoisotopic (exact) mass is 236 g/mol. The van der Waals surface area contributed by atoms with Gasteiger partial charge in [0.2, 0.25) is 10.0 Å². The van der Waals surface area contributed by atoms with Crippen molar-refractivity contribution in [3.8, 4) is 0 Å². The van der Waals surface area contributed by atoms with Gasteiger partial charge in [0.1, 0.15) is 0 Å². The highest BCUT2D eigenvalue weighted by Gasteiger charge is 2.22. The van der Waals surface area contributed by atoms with Crippen LogP contribution in [0, 0.1) is 0 Å². The molecular formula is C8H16N2O4S. The molecule has 6 nitrogen and oxygen atoms in total. The number of ether oxygens (including phenoxy) is 1. The summed E-state index contributed by atoms with van der Waals surface area (Å²) < 4.78 is 29.6.